The number of amides is 1. The molecule has 1 atom stereocenters. The fourth-order valence-corrected chi connectivity index (χ4v) is 4.02. The maximum atomic E-state index is 12.6. The van der Waals surface area contributed by atoms with E-state index in [9.17, 15) is 13.2 Å². The van der Waals surface area contributed by atoms with Crippen LogP contribution in [0.15, 0.2) is 53.0 Å². The van der Waals surface area contributed by atoms with E-state index in [-0.39, 0.29) is 0 Å². The number of carbonyl (C=O) groups is 1. The first-order chi connectivity index (χ1) is 12.2. The molecular weight excluding hydrogens is 420 g/mol. The highest BCUT2D eigenvalue weighted by atomic mass is 79.9. The van der Waals surface area contributed by atoms with Crippen molar-refractivity contribution >= 4 is 43.2 Å². The van der Waals surface area contributed by atoms with Crippen molar-refractivity contribution < 1.29 is 17.9 Å². The van der Waals surface area contributed by atoms with Crippen molar-refractivity contribution in [3.05, 3.63) is 53.0 Å². The van der Waals surface area contributed by atoms with E-state index in [2.05, 4.69) is 21.2 Å². The van der Waals surface area contributed by atoms with Gasteiger partial charge in [0.05, 0.1) is 24.2 Å². The molecule has 2 rings (SSSR count). The second-order valence-corrected chi connectivity index (χ2v) is 8.34. The van der Waals surface area contributed by atoms with E-state index in [1.54, 1.807) is 49.4 Å². The van der Waals surface area contributed by atoms with Crippen LogP contribution in [0.3, 0.4) is 0 Å². The van der Waals surface area contributed by atoms with E-state index in [0.29, 0.717) is 28.2 Å². The highest BCUT2D eigenvalue weighted by Gasteiger charge is 2.29. The Balaban J connectivity index is 2.28. The van der Waals surface area contributed by atoms with Crippen LogP contribution in [-0.4, -0.2) is 33.2 Å². The normalized spacial score (nSPS) is 12.3. The molecule has 0 heterocycles. The second-order valence-electron chi connectivity index (χ2n) is 5.63. The second kappa shape index (κ2) is 8.55. The van der Waals surface area contributed by atoms with Crippen LogP contribution in [0.25, 0.3) is 0 Å². The summed E-state index contributed by atoms with van der Waals surface area (Å²) in [7, 11) is -3.67. The molecule has 1 amide bonds. The van der Waals surface area contributed by atoms with Crippen LogP contribution in [0.5, 0.6) is 5.75 Å². The van der Waals surface area contributed by atoms with Crippen molar-refractivity contribution in [2.75, 3.05) is 22.5 Å². The minimum atomic E-state index is -3.67. The predicted octanol–water partition coefficient (Wildman–Crippen LogP) is 3.64. The first-order valence-corrected chi connectivity index (χ1v) is 10.7. The van der Waals surface area contributed by atoms with Crippen LogP contribution >= 0.6 is 15.9 Å². The lowest BCUT2D eigenvalue weighted by atomic mass is 10.2. The number of hydrogen-bond donors (Lipinski definition) is 1. The quantitative estimate of drug-likeness (QED) is 0.712. The third kappa shape index (κ3) is 4.98. The average Bonchev–Trinajstić information content (AvgIpc) is 2.57. The van der Waals surface area contributed by atoms with Gasteiger partial charge in [0.25, 0.3) is 0 Å². The van der Waals surface area contributed by atoms with Gasteiger partial charge in [0.15, 0.2) is 0 Å². The first-order valence-electron chi connectivity index (χ1n) is 8.01. The molecule has 2 aromatic carbocycles. The molecule has 0 radical (unpaired) electrons. The van der Waals surface area contributed by atoms with Crippen molar-refractivity contribution in [3.63, 3.8) is 0 Å². The number of rotatable bonds is 7. The Morgan fingerprint density at radius 3 is 2.35 bits per heavy atom. The molecule has 0 aliphatic rings. The third-order valence-electron chi connectivity index (χ3n) is 3.62. The fourth-order valence-electron chi connectivity index (χ4n) is 2.46. The molecule has 0 bridgehead atoms. The van der Waals surface area contributed by atoms with Crippen molar-refractivity contribution in [1.82, 2.24) is 0 Å². The van der Waals surface area contributed by atoms with Gasteiger partial charge in [-0.1, -0.05) is 12.1 Å². The molecule has 6 nitrogen and oxygen atoms in total. The van der Waals surface area contributed by atoms with Crippen LogP contribution in [0.4, 0.5) is 11.4 Å². The van der Waals surface area contributed by atoms with Crippen LogP contribution < -0.4 is 14.4 Å². The summed E-state index contributed by atoms with van der Waals surface area (Å²) in [5.74, 6) is 0.200. The molecule has 0 aliphatic carbocycles. The van der Waals surface area contributed by atoms with Gasteiger partial charge in [-0.15, -0.1) is 0 Å². The molecule has 1 N–H and O–H groups in total. The van der Waals surface area contributed by atoms with Gasteiger partial charge in [-0.2, -0.15) is 0 Å². The number of halogens is 1. The maximum absolute atomic E-state index is 12.6. The van der Waals surface area contributed by atoms with Gasteiger partial charge >= 0.3 is 0 Å². The summed E-state index contributed by atoms with van der Waals surface area (Å²) in [6, 6.07) is 12.8. The number of ether oxygens (including phenoxy) is 1. The molecule has 140 valence electrons. The zero-order chi connectivity index (χ0) is 19.3. The van der Waals surface area contributed by atoms with E-state index in [4.69, 9.17) is 4.74 Å². The number of anilines is 2. The Bertz CT molecular complexity index is 869. The topological polar surface area (TPSA) is 75.7 Å². The number of carbonyl (C=O) groups excluding carboxylic acids is 1. The molecule has 0 aromatic heterocycles. The standard InChI is InChI=1S/C18H21BrN2O4S/c1-4-25-15-11-9-14(10-12-15)21(26(3,23)24)13(2)18(22)20-17-8-6-5-7-16(17)19/h5-13H,4H2,1-3H3,(H,20,22)/t13-/m0/s1. The largest absolute Gasteiger partial charge is 0.494 e. The summed E-state index contributed by atoms with van der Waals surface area (Å²) in [5.41, 5.74) is 0.968. The molecule has 0 saturated carbocycles. The third-order valence-corrected chi connectivity index (χ3v) is 5.56. The van der Waals surface area contributed by atoms with E-state index < -0.39 is 22.0 Å². The van der Waals surface area contributed by atoms with Gasteiger partial charge in [0, 0.05) is 4.47 Å². The lowest BCUT2D eigenvalue weighted by Crippen LogP contribution is -2.45. The van der Waals surface area contributed by atoms with Gasteiger partial charge in [-0.3, -0.25) is 9.10 Å². The van der Waals surface area contributed by atoms with Crippen LogP contribution in [0.2, 0.25) is 0 Å². The first kappa shape index (κ1) is 20.3. The van der Waals surface area contributed by atoms with Crippen molar-refractivity contribution in [3.8, 4) is 5.75 Å². The van der Waals surface area contributed by atoms with Crippen molar-refractivity contribution in [2.24, 2.45) is 0 Å². The van der Waals surface area contributed by atoms with E-state index >= 15 is 0 Å². The van der Waals surface area contributed by atoms with Gasteiger partial charge < -0.3 is 10.1 Å². The highest BCUT2D eigenvalue weighted by molar-refractivity contribution is 9.10. The maximum Gasteiger partial charge on any atom is 0.248 e. The molecule has 26 heavy (non-hydrogen) atoms. The molecule has 8 heteroatoms. The number of nitrogens with one attached hydrogen (secondary N) is 1. The van der Waals surface area contributed by atoms with Crippen LogP contribution in [0.1, 0.15) is 13.8 Å². The molecule has 0 unspecified atom stereocenters. The number of para-hydroxylation sites is 1. The predicted molar refractivity (Wildman–Crippen MR) is 107 cm³/mol. The smallest absolute Gasteiger partial charge is 0.248 e. The fraction of sp³-hybridized carbons (Fsp3) is 0.278. The number of nitrogens with zero attached hydrogens (tertiary/aromatic N) is 1. The summed E-state index contributed by atoms with van der Waals surface area (Å²) < 4.78 is 31.8. The Morgan fingerprint density at radius 2 is 1.81 bits per heavy atom. The van der Waals surface area contributed by atoms with Gasteiger partial charge in [-0.25, -0.2) is 8.42 Å². The van der Waals surface area contributed by atoms with E-state index in [1.807, 2.05) is 13.0 Å². The number of sulfonamides is 1. The van der Waals surface area contributed by atoms with E-state index in [1.165, 1.54) is 0 Å². The summed E-state index contributed by atoms with van der Waals surface area (Å²) in [4.78, 5) is 12.6. The summed E-state index contributed by atoms with van der Waals surface area (Å²) in [5, 5.41) is 2.75. The minimum absolute atomic E-state index is 0.394. The van der Waals surface area contributed by atoms with E-state index in [0.717, 1.165) is 10.6 Å². The van der Waals surface area contributed by atoms with Crippen LogP contribution in [0, 0.1) is 0 Å². The van der Waals surface area contributed by atoms with Gasteiger partial charge in [-0.05, 0) is 66.2 Å². The Labute approximate surface area is 162 Å². The summed E-state index contributed by atoms with van der Waals surface area (Å²) in [6.45, 7) is 3.93. The molecule has 0 saturated heterocycles. The SMILES string of the molecule is CCOc1ccc(N([C@@H](C)C(=O)Nc2ccccc2Br)S(C)(=O)=O)cc1. The summed E-state index contributed by atoms with van der Waals surface area (Å²) in [6.07, 6.45) is 1.08. The van der Waals surface area contributed by atoms with Gasteiger partial charge in [0.1, 0.15) is 11.8 Å². The summed E-state index contributed by atoms with van der Waals surface area (Å²) >= 11 is 3.36. The molecule has 0 fully saturated rings. The average molecular weight is 441 g/mol. The Kier molecular flexibility index (Phi) is 6.66. The number of benzene rings is 2. The van der Waals surface area contributed by atoms with Gasteiger partial charge in [0.2, 0.25) is 15.9 Å². The van der Waals surface area contributed by atoms with Crippen molar-refractivity contribution in [2.45, 2.75) is 19.9 Å². The molecule has 0 aliphatic heterocycles. The number of hydrogen-bond acceptors (Lipinski definition) is 4. The molecule has 0 spiro atoms. The molecule has 2 aromatic rings. The monoisotopic (exact) mass is 440 g/mol. The lowest BCUT2D eigenvalue weighted by molar-refractivity contribution is -0.116. The zero-order valence-corrected chi connectivity index (χ0v) is 17.2. The van der Waals surface area contributed by atoms with Crippen LogP contribution in [-0.2, 0) is 14.8 Å². The highest BCUT2D eigenvalue weighted by Crippen LogP contribution is 2.26. The van der Waals surface area contributed by atoms with Crippen molar-refractivity contribution in [1.29, 1.82) is 0 Å². The lowest BCUT2D eigenvalue weighted by Gasteiger charge is -2.28. The minimum Gasteiger partial charge on any atom is -0.494 e. The Morgan fingerprint density at radius 1 is 1.19 bits per heavy atom. The molecular formula is C18H21BrN2O4S. The zero-order valence-electron chi connectivity index (χ0n) is 14.8. The Hall–Kier alpha value is -2.06.